The molecule has 0 amide bonds. The van der Waals surface area contributed by atoms with E-state index in [1.807, 2.05) is 30.3 Å². The molecule has 0 radical (unpaired) electrons. The van der Waals surface area contributed by atoms with Gasteiger partial charge in [0.15, 0.2) is 0 Å². The smallest absolute Gasteiger partial charge is 0.0908 e. The highest BCUT2D eigenvalue weighted by Crippen LogP contribution is 2.29. The summed E-state index contributed by atoms with van der Waals surface area (Å²) in [5.74, 6) is 0. The molecule has 2 aromatic heterocycles. The topological polar surface area (TPSA) is 37.8 Å². The highest BCUT2D eigenvalue weighted by Gasteiger charge is 2.07. The van der Waals surface area contributed by atoms with Gasteiger partial charge in [0.05, 0.1) is 22.8 Å². The van der Waals surface area contributed by atoms with E-state index in [1.165, 1.54) is 0 Å². The average molecular weight is 428 g/mol. The van der Waals surface area contributed by atoms with Crippen molar-refractivity contribution in [1.29, 1.82) is 0 Å². The molecule has 0 bridgehead atoms. The van der Waals surface area contributed by atoms with Crippen LogP contribution in [0.5, 0.6) is 0 Å². The first-order valence-corrected chi connectivity index (χ1v) is 8.18. The molecule has 106 valence electrons. The molecule has 1 N–H and O–H groups in total. The number of rotatable bonds is 3. The van der Waals surface area contributed by atoms with Crippen molar-refractivity contribution in [2.75, 3.05) is 5.32 Å². The van der Waals surface area contributed by atoms with E-state index in [9.17, 15) is 0 Å². The maximum atomic E-state index is 6.17. The molecule has 0 atom stereocenters. The lowest BCUT2D eigenvalue weighted by atomic mass is 10.2. The number of nitrogens with zero attached hydrogens (tertiary/aromatic N) is 2. The molecule has 0 fully saturated rings. The van der Waals surface area contributed by atoms with E-state index in [1.54, 1.807) is 12.4 Å². The number of aromatic nitrogens is 2. The summed E-state index contributed by atoms with van der Waals surface area (Å²) in [6, 6.07) is 9.69. The highest BCUT2D eigenvalue weighted by molar-refractivity contribution is 9.11. The van der Waals surface area contributed by atoms with Crippen LogP contribution in [0.25, 0.3) is 10.9 Å². The minimum Gasteiger partial charge on any atom is -0.379 e. The Hall–Kier alpha value is -1.17. The molecule has 3 nitrogen and oxygen atoms in total. The summed E-state index contributed by atoms with van der Waals surface area (Å²) < 4.78 is 1.90. The molecule has 0 unspecified atom stereocenters. The molecule has 6 heteroatoms. The van der Waals surface area contributed by atoms with Gasteiger partial charge in [-0.25, -0.2) is 0 Å². The fraction of sp³-hybridized carbons (Fsp3) is 0.0667. The van der Waals surface area contributed by atoms with E-state index >= 15 is 0 Å². The Morgan fingerprint density at radius 1 is 1.14 bits per heavy atom. The van der Waals surface area contributed by atoms with Crippen molar-refractivity contribution >= 4 is 60.1 Å². The van der Waals surface area contributed by atoms with Gasteiger partial charge in [0.1, 0.15) is 0 Å². The molecule has 0 spiro atoms. The maximum Gasteiger partial charge on any atom is 0.0908 e. The molecule has 1 aromatic carbocycles. The third-order valence-corrected chi connectivity index (χ3v) is 4.48. The van der Waals surface area contributed by atoms with E-state index in [0.29, 0.717) is 11.6 Å². The molecule has 0 aliphatic heterocycles. The number of anilines is 1. The van der Waals surface area contributed by atoms with Gasteiger partial charge in [-0.3, -0.25) is 9.97 Å². The standard InChI is InChI=1S/C15H10Br2ClN3/c16-9-6-11(17)14(20-7-9)8-21-13-4-3-12(18)15-10(13)2-1-5-19-15/h1-7,21H,8H2. The molecular weight excluding hydrogens is 417 g/mol. The lowest BCUT2D eigenvalue weighted by Gasteiger charge is -2.11. The normalized spacial score (nSPS) is 10.8. The molecule has 3 rings (SSSR count). The maximum absolute atomic E-state index is 6.17. The van der Waals surface area contributed by atoms with E-state index in [2.05, 4.69) is 47.1 Å². The highest BCUT2D eigenvalue weighted by atomic mass is 79.9. The summed E-state index contributed by atoms with van der Waals surface area (Å²) in [4.78, 5) is 8.72. The van der Waals surface area contributed by atoms with Crippen LogP contribution in [0.4, 0.5) is 5.69 Å². The fourth-order valence-electron chi connectivity index (χ4n) is 2.04. The van der Waals surface area contributed by atoms with Crippen LogP contribution in [-0.4, -0.2) is 9.97 Å². The van der Waals surface area contributed by atoms with Crippen molar-refractivity contribution in [3.8, 4) is 0 Å². The first-order valence-electron chi connectivity index (χ1n) is 6.22. The zero-order valence-corrected chi connectivity index (χ0v) is 14.7. The second-order valence-corrected chi connectivity index (χ2v) is 6.61. The van der Waals surface area contributed by atoms with Crippen molar-refractivity contribution in [1.82, 2.24) is 9.97 Å². The molecule has 0 saturated carbocycles. The van der Waals surface area contributed by atoms with Crippen molar-refractivity contribution in [2.45, 2.75) is 6.54 Å². The minimum absolute atomic E-state index is 0.611. The quantitative estimate of drug-likeness (QED) is 0.607. The number of benzene rings is 1. The van der Waals surface area contributed by atoms with Crippen molar-refractivity contribution < 1.29 is 0 Å². The summed E-state index contributed by atoms with van der Waals surface area (Å²) in [6.45, 7) is 0.611. The zero-order valence-electron chi connectivity index (χ0n) is 10.8. The van der Waals surface area contributed by atoms with Crippen LogP contribution in [-0.2, 0) is 6.54 Å². The van der Waals surface area contributed by atoms with E-state index in [0.717, 1.165) is 31.2 Å². The number of halogens is 3. The Morgan fingerprint density at radius 3 is 2.81 bits per heavy atom. The van der Waals surface area contributed by atoms with Crippen LogP contribution in [0, 0.1) is 0 Å². The Bertz CT molecular complexity index is 808. The summed E-state index contributed by atoms with van der Waals surface area (Å²) in [5, 5.41) is 5.04. The van der Waals surface area contributed by atoms with Crippen LogP contribution in [0.15, 0.2) is 51.7 Å². The van der Waals surface area contributed by atoms with Gasteiger partial charge in [-0.05, 0) is 62.2 Å². The van der Waals surface area contributed by atoms with Crippen molar-refractivity contribution in [3.05, 3.63) is 62.4 Å². The summed E-state index contributed by atoms with van der Waals surface area (Å²) in [7, 11) is 0. The van der Waals surface area contributed by atoms with Crippen LogP contribution in [0.2, 0.25) is 5.02 Å². The monoisotopic (exact) mass is 425 g/mol. The fourth-order valence-corrected chi connectivity index (χ4v) is 3.39. The van der Waals surface area contributed by atoms with Gasteiger partial charge in [-0.2, -0.15) is 0 Å². The Morgan fingerprint density at radius 2 is 2.00 bits per heavy atom. The molecule has 0 aliphatic carbocycles. The molecule has 2 heterocycles. The predicted octanol–water partition coefficient (Wildman–Crippen LogP) is 5.42. The number of fused-ring (bicyclic) bond motifs is 1. The number of hydrogen-bond donors (Lipinski definition) is 1. The summed E-state index contributed by atoms with van der Waals surface area (Å²) in [5.41, 5.74) is 2.72. The zero-order chi connectivity index (χ0) is 14.8. The number of pyridine rings is 2. The van der Waals surface area contributed by atoms with Crippen LogP contribution in [0.1, 0.15) is 5.69 Å². The largest absolute Gasteiger partial charge is 0.379 e. The van der Waals surface area contributed by atoms with E-state index in [4.69, 9.17) is 11.6 Å². The van der Waals surface area contributed by atoms with Gasteiger partial charge in [0.25, 0.3) is 0 Å². The summed E-state index contributed by atoms with van der Waals surface area (Å²) >= 11 is 13.1. The lowest BCUT2D eigenvalue weighted by molar-refractivity contribution is 1.03. The van der Waals surface area contributed by atoms with Crippen LogP contribution >= 0.6 is 43.5 Å². The Labute approximate surface area is 144 Å². The van der Waals surface area contributed by atoms with Gasteiger partial charge in [-0.15, -0.1) is 0 Å². The van der Waals surface area contributed by atoms with Gasteiger partial charge < -0.3 is 5.32 Å². The van der Waals surface area contributed by atoms with E-state index in [-0.39, 0.29) is 0 Å². The third kappa shape index (κ3) is 3.20. The first kappa shape index (κ1) is 14.8. The molecule has 21 heavy (non-hydrogen) atoms. The minimum atomic E-state index is 0.611. The number of nitrogens with one attached hydrogen (secondary N) is 1. The third-order valence-electron chi connectivity index (χ3n) is 3.05. The predicted molar refractivity (Wildman–Crippen MR) is 93.7 cm³/mol. The van der Waals surface area contributed by atoms with E-state index < -0.39 is 0 Å². The molecule has 3 aromatic rings. The average Bonchev–Trinajstić information content (AvgIpc) is 2.48. The molecule has 0 saturated heterocycles. The molecular formula is C15H10Br2ClN3. The van der Waals surface area contributed by atoms with Gasteiger partial charge >= 0.3 is 0 Å². The Kier molecular flexibility index (Phi) is 4.42. The van der Waals surface area contributed by atoms with Gasteiger partial charge in [0, 0.05) is 32.4 Å². The SMILES string of the molecule is Clc1ccc(NCc2ncc(Br)cc2Br)c2cccnc12. The lowest BCUT2D eigenvalue weighted by Crippen LogP contribution is -2.03. The molecule has 0 aliphatic rings. The van der Waals surface area contributed by atoms with Crippen LogP contribution < -0.4 is 5.32 Å². The van der Waals surface area contributed by atoms with Crippen LogP contribution in [0.3, 0.4) is 0 Å². The Balaban J connectivity index is 1.90. The first-order chi connectivity index (χ1) is 10.1. The second kappa shape index (κ2) is 6.30. The van der Waals surface area contributed by atoms with Gasteiger partial charge in [-0.1, -0.05) is 11.6 Å². The van der Waals surface area contributed by atoms with Crippen molar-refractivity contribution in [2.24, 2.45) is 0 Å². The van der Waals surface area contributed by atoms with Gasteiger partial charge in [0.2, 0.25) is 0 Å². The summed E-state index contributed by atoms with van der Waals surface area (Å²) in [6.07, 6.45) is 3.52. The van der Waals surface area contributed by atoms with Crippen molar-refractivity contribution in [3.63, 3.8) is 0 Å². The number of hydrogen-bond acceptors (Lipinski definition) is 3. The second-order valence-electron chi connectivity index (χ2n) is 4.43.